The summed E-state index contributed by atoms with van der Waals surface area (Å²) in [5.41, 5.74) is 1.38. The summed E-state index contributed by atoms with van der Waals surface area (Å²) in [7, 11) is 0. The van der Waals surface area contributed by atoms with Gasteiger partial charge in [-0.3, -0.25) is 9.36 Å². The van der Waals surface area contributed by atoms with Gasteiger partial charge in [0.25, 0.3) is 0 Å². The van der Waals surface area contributed by atoms with Crippen LogP contribution in [0.3, 0.4) is 0 Å². The molecule has 0 spiro atoms. The maximum absolute atomic E-state index is 12.9. The number of piperidine rings is 1. The van der Waals surface area contributed by atoms with E-state index in [0.29, 0.717) is 41.6 Å². The van der Waals surface area contributed by atoms with Crippen molar-refractivity contribution in [3.05, 3.63) is 78.6 Å². The molecule has 0 unspecified atom stereocenters. The molecule has 1 saturated heterocycles. The zero-order valence-electron chi connectivity index (χ0n) is 19.7. The van der Waals surface area contributed by atoms with Crippen LogP contribution < -0.4 is 9.47 Å². The highest BCUT2D eigenvalue weighted by atomic mass is 32.2. The van der Waals surface area contributed by atoms with Crippen molar-refractivity contribution in [1.82, 2.24) is 19.7 Å². The third kappa shape index (κ3) is 5.53. The van der Waals surface area contributed by atoms with Crippen molar-refractivity contribution in [3.8, 4) is 11.5 Å². The van der Waals surface area contributed by atoms with E-state index in [1.165, 1.54) is 17.3 Å². The molecule has 0 saturated carbocycles. The van der Waals surface area contributed by atoms with Gasteiger partial charge in [0, 0.05) is 19.6 Å². The Morgan fingerprint density at radius 1 is 1.06 bits per heavy atom. The lowest BCUT2D eigenvalue weighted by Gasteiger charge is -2.32. The lowest BCUT2D eigenvalue weighted by atomic mass is 9.90. The molecule has 7 nitrogen and oxygen atoms in total. The quantitative estimate of drug-likeness (QED) is 0.341. The minimum absolute atomic E-state index is 0.147. The third-order valence-corrected chi connectivity index (χ3v) is 7.46. The highest BCUT2D eigenvalue weighted by Gasteiger charge is 2.29. The van der Waals surface area contributed by atoms with Gasteiger partial charge in [0.15, 0.2) is 28.6 Å². The molecule has 0 radical (unpaired) electrons. The first-order valence-corrected chi connectivity index (χ1v) is 13.1. The van der Waals surface area contributed by atoms with E-state index in [1.807, 2.05) is 33.7 Å². The molecular formula is C27H30N4O3S. The Morgan fingerprint density at radius 3 is 2.57 bits per heavy atom. The Labute approximate surface area is 210 Å². The van der Waals surface area contributed by atoms with Gasteiger partial charge < -0.3 is 14.4 Å². The second-order valence-corrected chi connectivity index (χ2v) is 9.85. The molecule has 2 aliphatic rings. The number of ether oxygens (including phenoxy) is 2. The number of likely N-dealkylation sites (tertiary alicyclic amines) is 1. The molecule has 3 aromatic rings. The molecule has 1 fully saturated rings. The maximum atomic E-state index is 12.9. The smallest absolute Gasteiger partial charge is 0.233 e. The number of allylic oxidation sites excluding steroid dienone is 1. The number of aromatic nitrogens is 3. The average molecular weight is 491 g/mol. The molecule has 8 heteroatoms. The molecule has 35 heavy (non-hydrogen) atoms. The Kier molecular flexibility index (Phi) is 7.37. The molecule has 3 heterocycles. The number of carbonyl (C=O) groups is 1. The van der Waals surface area contributed by atoms with Crippen LogP contribution in [0.1, 0.15) is 30.3 Å². The van der Waals surface area contributed by atoms with E-state index in [9.17, 15) is 4.79 Å². The van der Waals surface area contributed by atoms with Crippen molar-refractivity contribution >= 4 is 17.7 Å². The van der Waals surface area contributed by atoms with Crippen LogP contribution in [0.2, 0.25) is 0 Å². The SMILES string of the molecule is C=CCn1c(SCC(=O)N2CCC(Cc3ccccc3)CC2)nnc1[C@H]1COc2ccccc2O1. The van der Waals surface area contributed by atoms with E-state index in [2.05, 4.69) is 47.1 Å². The first kappa shape index (κ1) is 23.5. The number of para-hydroxylation sites is 2. The topological polar surface area (TPSA) is 69.5 Å². The minimum atomic E-state index is -0.369. The van der Waals surface area contributed by atoms with Crippen molar-refractivity contribution < 1.29 is 14.3 Å². The number of thioether (sulfide) groups is 1. The zero-order valence-corrected chi connectivity index (χ0v) is 20.5. The minimum Gasteiger partial charge on any atom is -0.485 e. The van der Waals surface area contributed by atoms with Gasteiger partial charge >= 0.3 is 0 Å². The predicted octanol–water partition coefficient (Wildman–Crippen LogP) is 4.55. The van der Waals surface area contributed by atoms with E-state index in [0.717, 1.165) is 38.1 Å². The summed E-state index contributed by atoms with van der Waals surface area (Å²) in [4.78, 5) is 14.9. The Morgan fingerprint density at radius 2 is 1.80 bits per heavy atom. The monoisotopic (exact) mass is 490 g/mol. The zero-order chi connectivity index (χ0) is 24.0. The summed E-state index contributed by atoms with van der Waals surface area (Å²) in [6, 6.07) is 18.2. The van der Waals surface area contributed by atoms with Gasteiger partial charge in [-0.2, -0.15) is 0 Å². The van der Waals surface area contributed by atoms with Crippen molar-refractivity contribution in [3.63, 3.8) is 0 Å². The maximum Gasteiger partial charge on any atom is 0.233 e. The van der Waals surface area contributed by atoms with E-state index in [1.54, 1.807) is 6.08 Å². The summed E-state index contributed by atoms with van der Waals surface area (Å²) < 4.78 is 13.9. The summed E-state index contributed by atoms with van der Waals surface area (Å²) in [5.74, 6) is 3.22. The molecule has 2 aromatic carbocycles. The van der Waals surface area contributed by atoms with Gasteiger partial charge in [-0.05, 0) is 42.9 Å². The number of amides is 1. The Bertz CT molecular complexity index is 1160. The number of carbonyl (C=O) groups excluding carboxylic acids is 1. The summed E-state index contributed by atoms with van der Waals surface area (Å²) >= 11 is 1.42. The largest absolute Gasteiger partial charge is 0.485 e. The standard InChI is InChI=1S/C27H30N4O3S/c1-2-14-31-26(24-18-33-22-10-6-7-11-23(22)34-24)28-29-27(31)35-19-25(32)30-15-12-21(13-16-30)17-20-8-4-3-5-9-20/h2-11,21,24H,1,12-19H2/t24-/m1/s1. The molecule has 182 valence electrons. The molecule has 1 amide bonds. The van der Waals surface area contributed by atoms with Crippen LogP contribution in [0.25, 0.3) is 0 Å². The van der Waals surface area contributed by atoms with Gasteiger partial charge in [0.2, 0.25) is 5.91 Å². The second kappa shape index (κ2) is 11.0. The number of benzene rings is 2. The summed E-state index contributed by atoms with van der Waals surface area (Å²) in [5, 5.41) is 9.44. The predicted molar refractivity (Wildman–Crippen MR) is 136 cm³/mol. The van der Waals surface area contributed by atoms with Crippen molar-refractivity contribution in [2.45, 2.75) is 37.1 Å². The van der Waals surface area contributed by atoms with Crippen LogP contribution >= 0.6 is 11.8 Å². The fourth-order valence-electron chi connectivity index (χ4n) is 4.64. The molecule has 0 bridgehead atoms. The summed E-state index contributed by atoms with van der Waals surface area (Å²) in [6.45, 7) is 6.39. The van der Waals surface area contributed by atoms with Gasteiger partial charge in [-0.1, -0.05) is 60.3 Å². The van der Waals surface area contributed by atoms with E-state index in [-0.39, 0.29) is 12.0 Å². The molecule has 0 N–H and O–H groups in total. The van der Waals surface area contributed by atoms with E-state index >= 15 is 0 Å². The van der Waals surface area contributed by atoms with Crippen LogP contribution in [0.4, 0.5) is 0 Å². The van der Waals surface area contributed by atoms with Crippen LogP contribution in [0, 0.1) is 5.92 Å². The lowest BCUT2D eigenvalue weighted by Crippen LogP contribution is -2.39. The number of nitrogens with zero attached hydrogens (tertiary/aromatic N) is 4. The van der Waals surface area contributed by atoms with Crippen molar-refractivity contribution in [2.24, 2.45) is 5.92 Å². The number of rotatable bonds is 8. The van der Waals surface area contributed by atoms with Crippen molar-refractivity contribution in [2.75, 3.05) is 25.4 Å². The molecule has 1 atom stereocenters. The van der Waals surface area contributed by atoms with E-state index < -0.39 is 0 Å². The first-order valence-electron chi connectivity index (χ1n) is 12.1. The second-order valence-electron chi connectivity index (χ2n) is 8.91. The molecule has 5 rings (SSSR count). The van der Waals surface area contributed by atoms with Crippen LogP contribution in [0.15, 0.2) is 72.4 Å². The third-order valence-electron chi connectivity index (χ3n) is 6.51. The van der Waals surface area contributed by atoms with E-state index in [4.69, 9.17) is 9.47 Å². The normalized spacial score (nSPS) is 17.8. The van der Waals surface area contributed by atoms with Crippen LogP contribution in [-0.4, -0.2) is 51.0 Å². The van der Waals surface area contributed by atoms with Crippen LogP contribution in [-0.2, 0) is 17.8 Å². The van der Waals surface area contributed by atoms with Gasteiger partial charge in [0.05, 0.1) is 5.75 Å². The molecule has 2 aliphatic heterocycles. The molecule has 1 aromatic heterocycles. The van der Waals surface area contributed by atoms with Gasteiger partial charge in [-0.15, -0.1) is 16.8 Å². The highest BCUT2D eigenvalue weighted by molar-refractivity contribution is 7.99. The van der Waals surface area contributed by atoms with Crippen molar-refractivity contribution in [1.29, 1.82) is 0 Å². The van der Waals surface area contributed by atoms with Gasteiger partial charge in [0.1, 0.15) is 6.61 Å². The fraction of sp³-hybridized carbons (Fsp3) is 0.370. The first-order chi connectivity index (χ1) is 17.2. The number of fused-ring (bicyclic) bond motifs is 1. The molecule has 0 aliphatic carbocycles. The molecular weight excluding hydrogens is 460 g/mol. The number of hydrogen-bond donors (Lipinski definition) is 0. The Hall–Kier alpha value is -3.26. The number of hydrogen-bond acceptors (Lipinski definition) is 6. The highest BCUT2D eigenvalue weighted by Crippen LogP contribution is 2.36. The fourth-order valence-corrected chi connectivity index (χ4v) is 5.50. The summed E-state index contributed by atoms with van der Waals surface area (Å²) in [6.07, 6.45) is 4.60. The van der Waals surface area contributed by atoms with Gasteiger partial charge in [-0.25, -0.2) is 0 Å². The average Bonchev–Trinajstić information content (AvgIpc) is 3.30. The lowest BCUT2D eigenvalue weighted by molar-refractivity contribution is -0.129. The Balaban J connectivity index is 1.17. The van der Waals surface area contributed by atoms with Crippen LogP contribution in [0.5, 0.6) is 11.5 Å².